The molecule has 3 atom stereocenters. The molecule has 22 heavy (non-hydrogen) atoms. The summed E-state index contributed by atoms with van der Waals surface area (Å²) >= 11 is 0. The molecular formula is C12H12N4O6. The van der Waals surface area contributed by atoms with Crippen molar-refractivity contribution in [1.29, 1.82) is 5.26 Å². The van der Waals surface area contributed by atoms with Crippen molar-refractivity contribution < 1.29 is 28.7 Å². The van der Waals surface area contributed by atoms with E-state index in [1.807, 2.05) is 0 Å². The fourth-order valence-electron chi connectivity index (χ4n) is 2.05. The first kappa shape index (κ1) is 15.7. The van der Waals surface area contributed by atoms with Gasteiger partial charge in [0.25, 0.3) is 11.6 Å². The van der Waals surface area contributed by atoms with E-state index < -0.39 is 41.8 Å². The number of amides is 1. The number of hydrogen-bond donors (Lipinski definition) is 0. The molecule has 0 saturated carbocycles. The number of hydrogen-bond acceptors (Lipinski definition) is 9. The molecule has 10 heteroatoms. The quantitative estimate of drug-likeness (QED) is 0.289. The van der Waals surface area contributed by atoms with Gasteiger partial charge in [-0.3, -0.25) is 19.2 Å². The van der Waals surface area contributed by atoms with E-state index in [2.05, 4.69) is 10.3 Å². The monoisotopic (exact) mass is 308 g/mol. The molecule has 0 aliphatic carbocycles. The normalized spacial score (nSPS) is 27.6. The van der Waals surface area contributed by atoms with E-state index in [-0.39, 0.29) is 6.61 Å². The van der Waals surface area contributed by atoms with Gasteiger partial charge in [0.1, 0.15) is 12.7 Å². The lowest BCUT2D eigenvalue weighted by Gasteiger charge is -2.25. The van der Waals surface area contributed by atoms with E-state index in [4.69, 9.17) is 14.7 Å². The number of ether oxygens (including phenoxy) is 2. The minimum absolute atomic E-state index is 0.0362. The molecule has 1 amide bonds. The number of Topliss-reactive ketones (excluding diaryl/α,β-unsaturated/α-hetero) is 2. The van der Waals surface area contributed by atoms with Crippen molar-refractivity contribution in [3.63, 3.8) is 0 Å². The lowest BCUT2D eigenvalue weighted by atomic mass is 10.1. The van der Waals surface area contributed by atoms with Gasteiger partial charge in [0.15, 0.2) is 6.23 Å². The van der Waals surface area contributed by atoms with Crippen molar-refractivity contribution >= 4 is 23.4 Å². The van der Waals surface area contributed by atoms with Gasteiger partial charge in [-0.25, -0.2) is 0 Å². The predicted octanol–water partition coefficient (Wildman–Crippen LogP) is -0.706. The standard InChI is InChI=1S/C12H12N4O6/c1-6(17)21-5-7-2-3-9(22-7)16-12(20)11(19)10(14-15-16)8(18)4-13/h7,9-10H,2-3,5H2,1H3. The third kappa shape index (κ3) is 3.15. The van der Waals surface area contributed by atoms with Gasteiger partial charge in [-0.2, -0.15) is 10.3 Å². The lowest BCUT2D eigenvalue weighted by molar-refractivity contribution is -0.162. The molecule has 3 unspecified atom stereocenters. The summed E-state index contributed by atoms with van der Waals surface area (Å²) in [5.74, 6) is -3.76. The van der Waals surface area contributed by atoms with Gasteiger partial charge >= 0.3 is 11.9 Å². The highest BCUT2D eigenvalue weighted by atomic mass is 16.6. The van der Waals surface area contributed by atoms with Crippen LogP contribution >= 0.6 is 0 Å². The first-order valence-corrected chi connectivity index (χ1v) is 6.45. The summed E-state index contributed by atoms with van der Waals surface area (Å²) in [6.07, 6.45) is -0.350. The van der Waals surface area contributed by atoms with Crippen molar-refractivity contribution in [2.24, 2.45) is 10.3 Å². The van der Waals surface area contributed by atoms with Gasteiger partial charge in [-0.1, -0.05) is 5.22 Å². The van der Waals surface area contributed by atoms with Gasteiger partial charge in [0, 0.05) is 6.92 Å². The molecule has 0 spiro atoms. The Morgan fingerprint density at radius 3 is 2.82 bits per heavy atom. The van der Waals surface area contributed by atoms with Crippen LogP contribution in [0.5, 0.6) is 0 Å². The van der Waals surface area contributed by atoms with Crippen LogP contribution in [0.15, 0.2) is 10.3 Å². The van der Waals surface area contributed by atoms with Crippen LogP contribution in [-0.2, 0) is 28.7 Å². The molecule has 0 aromatic carbocycles. The maximum absolute atomic E-state index is 11.9. The lowest BCUT2D eigenvalue weighted by Crippen LogP contribution is -2.48. The van der Waals surface area contributed by atoms with Crippen LogP contribution in [0.25, 0.3) is 0 Å². The van der Waals surface area contributed by atoms with Gasteiger partial charge < -0.3 is 9.47 Å². The van der Waals surface area contributed by atoms with Crippen LogP contribution in [0.4, 0.5) is 0 Å². The molecule has 10 nitrogen and oxygen atoms in total. The Bertz CT molecular complexity index is 595. The second-order valence-corrected chi connectivity index (χ2v) is 4.69. The molecule has 1 fully saturated rings. The molecule has 0 bridgehead atoms. The van der Waals surface area contributed by atoms with E-state index in [0.717, 1.165) is 5.01 Å². The van der Waals surface area contributed by atoms with Crippen LogP contribution in [-0.4, -0.2) is 53.4 Å². The van der Waals surface area contributed by atoms with Gasteiger partial charge in [0.05, 0.1) is 6.10 Å². The number of nitriles is 1. The van der Waals surface area contributed by atoms with Crippen molar-refractivity contribution in [2.75, 3.05) is 6.61 Å². The summed E-state index contributed by atoms with van der Waals surface area (Å²) in [5, 5.41) is 16.1. The third-order valence-electron chi connectivity index (χ3n) is 3.12. The summed E-state index contributed by atoms with van der Waals surface area (Å²) in [6, 6.07) is -0.461. The SMILES string of the molecule is CC(=O)OCC1CCC(N2N=NC(C(=O)C#N)C(=O)C2=O)O1. The highest BCUT2D eigenvalue weighted by Gasteiger charge is 2.43. The molecule has 116 valence electrons. The number of carbonyl (C=O) groups is 4. The zero-order valence-electron chi connectivity index (χ0n) is 11.6. The highest BCUT2D eigenvalue weighted by molar-refractivity contribution is 6.43. The summed E-state index contributed by atoms with van der Waals surface area (Å²) in [7, 11) is 0. The minimum Gasteiger partial charge on any atom is -0.463 e. The van der Waals surface area contributed by atoms with E-state index in [1.165, 1.54) is 13.0 Å². The zero-order valence-corrected chi connectivity index (χ0v) is 11.6. The second kappa shape index (κ2) is 6.40. The molecule has 0 radical (unpaired) electrons. The maximum atomic E-state index is 11.9. The molecule has 0 N–H and O–H groups in total. The Balaban J connectivity index is 2.01. The maximum Gasteiger partial charge on any atom is 0.316 e. The minimum atomic E-state index is -1.70. The Hall–Kier alpha value is -2.67. The van der Waals surface area contributed by atoms with Crippen LogP contribution in [0.1, 0.15) is 19.8 Å². The van der Waals surface area contributed by atoms with E-state index in [1.54, 1.807) is 0 Å². The third-order valence-corrected chi connectivity index (χ3v) is 3.12. The Labute approximate surface area is 124 Å². The predicted molar refractivity (Wildman–Crippen MR) is 65.6 cm³/mol. The Kier molecular flexibility index (Phi) is 4.57. The van der Waals surface area contributed by atoms with Crippen LogP contribution in [0.3, 0.4) is 0 Å². The molecule has 0 aromatic rings. The number of ketones is 2. The fraction of sp³-hybridized carbons (Fsp3) is 0.583. The average molecular weight is 308 g/mol. The number of nitrogens with zero attached hydrogens (tertiary/aromatic N) is 4. The largest absolute Gasteiger partial charge is 0.463 e. The van der Waals surface area contributed by atoms with Gasteiger partial charge in [0.2, 0.25) is 6.04 Å². The van der Waals surface area contributed by atoms with E-state index in [9.17, 15) is 19.2 Å². The first-order valence-electron chi connectivity index (χ1n) is 6.45. The Morgan fingerprint density at radius 1 is 1.45 bits per heavy atom. The molecule has 2 heterocycles. The van der Waals surface area contributed by atoms with Crippen molar-refractivity contribution in [2.45, 2.75) is 38.1 Å². The molecule has 0 aromatic heterocycles. The molecule has 1 saturated heterocycles. The smallest absolute Gasteiger partial charge is 0.316 e. The van der Waals surface area contributed by atoms with Crippen LogP contribution in [0, 0.1) is 11.3 Å². The fourth-order valence-corrected chi connectivity index (χ4v) is 2.05. The topological polar surface area (TPSA) is 138 Å². The van der Waals surface area contributed by atoms with Crippen molar-refractivity contribution in [3.05, 3.63) is 0 Å². The second-order valence-electron chi connectivity index (χ2n) is 4.69. The summed E-state index contributed by atoms with van der Waals surface area (Å²) in [5.41, 5.74) is 0. The van der Waals surface area contributed by atoms with Crippen molar-refractivity contribution in [1.82, 2.24) is 5.01 Å². The van der Waals surface area contributed by atoms with Crippen molar-refractivity contribution in [3.8, 4) is 6.07 Å². The summed E-state index contributed by atoms with van der Waals surface area (Å²) in [4.78, 5) is 45.6. The van der Waals surface area contributed by atoms with E-state index in [0.29, 0.717) is 12.8 Å². The van der Waals surface area contributed by atoms with E-state index >= 15 is 0 Å². The molecule has 2 rings (SSSR count). The highest BCUT2D eigenvalue weighted by Crippen LogP contribution is 2.25. The first-order chi connectivity index (χ1) is 10.4. The summed E-state index contributed by atoms with van der Waals surface area (Å²) < 4.78 is 10.3. The van der Waals surface area contributed by atoms with Crippen LogP contribution in [0.2, 0.25) is 0 Å². The molecule has 2 aliphatic rings. The number of rotatable bonds is 4. The summed E-state index contributed by atoms with van der Waals surface area (Å²) in [6.45, 7) is 1.30. The number of esters is 1. The Morgan fingerprint density at radius 2 is 2.18 bits per heavy atom. The molecule has 2 aliphatic heterocycles. The van der Waals surface area contributed by atoms with Crippen LogP contribution < -0.4 is 0 Å². The average Bonchev–Trinajstić information content (AvgIpc) is 2.95. The zero-order chi connectivity index (χ0) is 16.3. The molecular weight excluding hydrogens is 296 g/mol. The van der Waals surface area contributed by atoms with Gasteiger partial charge in [-0.05, 0) is 12.8 Å². The van der Waals surface area contributed by atoms with Gasteiger partial charge in [-0.15, -0.1) is 5.11 Å². The number of carbonyl (C=O) groups excluding carboxylic acids is 4.